The Bertz CT molecular complexity index is 225. The fraction of sp³-hybridized carbons (Fsp3) is 0.286. The number of aromatic nitrogens is 1. The first-order chi connectivity index (χ1) is 4.70. The standard InChI is InChI=1S/C7H8BrNO/c1-5(10)6-3-2-4-7(8)9-6/h2-5,10H,1H3/t5-/m0/s1. The van der Waals surface area contributed by atoms with Gasteiger partial charge in [-0.1, -0.05) is 6.07 Å². The lowest BCUT2D eigenvalue weighted by Crippen LogP contribution is -1.94. The van der Waals surface area contributed by atoms with Crippen LogP contribution in [-0.2, 0) is 0 Å². The van der Waals surface area contributed by atoms with E-state index in [2.05, 4.69) is 20.9 Å². The zero-order valence-electron chi connectivity index (χ0n) is 5.58. The molecule has 0 aliphatic rings. The molecule has 0 aromatic carbocycles. The number of aliphatic hydroxyl groups is 1. The van der Waals surface area contributed by atoms with Gasteiger partial charge < -0.3 is 5.11 Å². The van der Waals surface area contributed by atoms with Crippen molar-refractivity contribution in [2.24, 2.45) is 0 Å². The van der Waals surface area contributed by atoms with E-state index in [9.17, 15) is 0 Å². The molecule has 1 N–H and O–H groups in total. The van der Waals surface area contributed by atoms with Crippen molar-refractivity contribution in [3.05, 3.63) is 28.5 Å². The average molecular weight is 202 g/mol. The van der Waals surface area contributed by atoms with Crippen molar-refractivity contribution < 1.29 is 5.11 Å². The van der Waals surface area contributed by atoms with E-state index in [0.29, 0.717) is 5.69 Å². The molecule has 0 radical (unpaired) electrons. The van der Waals surface area contributed by atoms with E-state index in [1.165, 1.54) is 0 Å². The first-order valence-electron chi connectivity index (χ1n) is 3.00. The zero-order chi connectivity index (χ0) is 7.56. The van der Waals surface area contributed by atoms with Crippen molar-refractivity contribution >= 4 is 15.9 Å². The third-order valence-electron chi connectivity index (χ3n) is 1.16. The minimum Gasteiger partial charge on any atom is -0.387 e. The Morgan fingerprint density at radius 3 is 2.70 bits per heavy atom. The normalized spacial score (nSPS) is 13.1. The van der Waals surface area contributed by atoms with Gasteiger partial charge in [-0.2, -0.15) is 0 Å². The van der Waals surface area contributed by atoms with Gasteiger partial charge >= 0.3 is 0 Å². The van der Waals surface area contributed by atoms with Crippen LogP contribution in [0.2, 0.25) is 0 Å². The largest absolute Gasteiger partial charge is 0.387 e. The molecule has 0 aliphatic carbocycles. The minimum atomic E-state index is -0.488. The number of pyridine rings is 1. The van der Waals surface area contributed by atoms with Gasteiger partial charge in [0.1, 0.15) is 4.60 Å². The molecule has 1 atom stereocenters. The van der Waals surface area contributed by atoms with E-state index in [0.717, 1.165) is 4.60 Å². The summed E-state index contributed by atoms with van der Waals surface area (Å²) in [7, 11) is 0. The topological polar surface area (TPSA) is 33.1 Å². The number of nitrogens with zero attached hydrogens (tertiary/aromatic N) is 1. The molecule has 1 aromatic rings. The molecule has 10 heavy (non-hydrogen) atoms. The van der Waals surface area contributed by atoms with E-state index in [4.69, 9.17) is 5.11 Å². The molecule has 0 aliphatic heterocycles. The number of rotatable bonds is 1. The quantitative estimate of drug-likeness (QED) is 0.705. The van der Waals surface area contributed by atoms with Crippen LogP contribution < -0.4 is 0 Å². The van der Waals surface area contributed by atoms with Crippen molar-refractivity contribution in [1.29, 1.82) is 0 Å². The number of hydrogen-bond acceptors (Lipinski definition) is 2. The minimum absolute atomic E-state index is 0.488. The fourth-order valence-corrected chi connectivity index (χ4v) is 1.01. The summed E-state index contributed by atoms with van der Waals surface area (Å²) in [6.07, 6.45) is -0.488. The second-order valence-corrected chi connectivity index (χ2v) is 2.87. The molecule has 0 bridgehead atoms. The van der Waals surface area contributed by atoms with E-state index < -0.39 is 6.10 Å². The van der Waals surface area contributed by atoms with Gasteiger partial charge in [-0.15, -0.1) is 0 Å². The van der Waals surface area contributed by atoms with Crippen LogP contribution in [0.25, 0.3) is 0 Å². The van der Waals surface area contributed by atoms with Gasteiger partial charge in [0, 0.05) is 0 Å². The predicted octanol–water partition coefficient (Wildman–Crippen LogP) is 1.90. The Balaban J connectivity index is 2.96. The van der Waals surface area contributed by atoms with Crippen LogP contribution in [0.5, 0.6) is 0 Å². The summed E-state index contributed by atoms with van der Waals surface area (Å²) in [6.45, 7) is 1.69. The second-order valence-electron chi connectivity index (χ2n) is 2.06. The van der Waals surface area contributed by atoms with Gasteiger partial charge in [0.25, 0.3) is 0 Å². The molecule has 0 spiro atoms. The van der Waals surface area contributed by atoms with E-state index in [-0.39, 0.29) is 0 Å². The van der Waals surface area contributed by atoms with Crippen LogP contribution >= 0.6 is 15.9 Å². The zero-order valence-corrected chi connectivity index (χ0v) is 7.17. The highest BCUT2D eigenvalue weighted by molar-refractivity contribution is 9.10. The van der Waals surface area contributed by atoms with Gasteiger partial charge in [0.05, 0.1) is 11.8 Å². The van der Waals surface area contributed by atoms with Crippen LogP contribution in [0, 0.1) is 0 Å². The SMILES string of the molecule is C[C@H](O)c1cccc(Br)n1. The van der Waals surface area contributed by atoms with Gasteiger partial charge in [-0.3, -0.25) is 0 Å². The van der Waals surface area contributed by atoms with Crippen molar-refractivity contribution in [2.75, 3.05) is 0 Å². The average Bonchev–Trinajstić information content (AvgIpc) is 1.88. The van der Waals surface area contributed by atoms with E-state index >= 15 is 0 Å². The molecular formula is C7H8BrNO. The highest BCUT2D eigenvalue weighted by atomic mass is 79.9. The lowest BCUT2D eigenvalue weighted by Gasteiger charge is -2.01. The van der Waals surface area contributed by atoms with Gasteiger partial charge in [0.15, 0.2) is 0 Å². The summed E-state index contributed by atoms with van der Waals surface area (Å²) >= 11 is 3.21. The first-order valence-corrected chi connectivity index (χ1v) is 3.80. The summed E-state index contributed by atoms with van der Waals surface area (Å²) in [5, 5.41) is 9.06. The molecule has 2 nitrogen and oxygen atoms in total. The van der Waals surface area contributed by atoms with Crippen molar-refractivity contribution in [3.63, 3.8) is 0 Å². The maximum atomic E-state index is 9.06. The summed E-state index contributed by atoms with van der Waals surface area (Å²) < 4.78 is 0.755. The van der Waals surface area contributed by atoms with Crippen LogP contribution in [0.4, 0.5) is 0 Å². The number of aliphatic hydroxyl groups excluding tert-OH is 1. The molecular weight excluding hydrogens is 194 g/mol. The number of halogens is 1. The predicted molar refractivity (Wildman–Crippen MR) is 42.6 cm³/mol. The molecule has 3 heteroatoms. The number of hydrogen-bond donors (Lipinski definition) is 1. The summed E-state index contributed by atoms with van der Waals surface area (Å²) in [4.78, 5) is 4.04. The maximum Gasteiger partial charge on any atom is 0.106 e. The molecule has 0 saturated carbocycles. The monoisotopic (exact) mass is 201 g/mol. The molecule has 0 amide bonds. The van der Waals surface area contributed by atoms with Crippen molar-refractivity contribution in [2.45, 2.75) is 13.0 Å². The van der Waals surface area contributed by atoms with Crippen LogP contribution in [0.3, 0.4) is 0 Å². The Morgan fingerprint density at radius 1 is 1.60 bits per heavy atom. The van der Waals surface area contributed by atoms with Crippen LogP contribution in [-0.4, -0.2) is 10.1 Å². The third-order valence-corrected chi connectivity index (χ3v) is 1.61. The summed E-state index contributed by atoms with van der Waals surface area (Å²) in [5.41, 5.74) is 0.689. The maximum absolute atomic E-state index is 9.06. The fourth-order valence-electron chi connectivity index (χ4n) is 0.657. The summed E-state index contributed by atoms with van der Waals surface area (Å²) in [5.74, 6) is 0. The van der Waals surface area contributed by atoms with Gasteiger partial charge in [-0.25, -0.2) is 4.98 Å². The second kappa shape index (κ2) is 3.12. The molecule has 1 rings (SSSR count). The summed E-state index contributed by atoms with van der Waals surface area (Å²) in [6, 6.07) is 5.46. The van der Waals surface area contributed by atoms with Gasteiger partial charge in [0.2, 0.25) is 0 Å². The first kappa shape index (κ1) is 7.69. The van der Waals surface area contributed by atoms with E-state index in [1.807, 2.05) is 12.1 Å². The van der Waals surface area contributed by atoms with Crippen molar-refractivity contribution in [1.82, 2.24) is 4.98 Å². The van der Waals surface area contributed by atoms with E-state index in [1.54, 1.807) is 13.0 Å². The molecule has 1 heterocycles. The highest BCUT2D eigenvalue weighted by Crippen LogP contribution is 2.12. The molecule has 0 saturated heterocycles. The Labute approximate surface area is 68.0 Å². The molecule has 0 unspecified atom stereocenters. The highest BCUT2D eigenvalue weighted by Gasteiger charge is 2.00. The van der Waals surface area contributed by atoms with Crippen molar-refractivity contribution in [3.8, 4) is 0 Å². The molecule has 54 valence electrons. The van der Waals surface area contributed by atoms with Crippen LogP contribution in [0.15, 0.2) is 22.8 Å². The Morgan fingerprint density at radius 2 is 2.30 bits per heavy atom. The van der Waals surface area contributed by atoms with Crippen LogP contribution in [0.1, 0.15) is 18.7 Å². The lowest BCUT2D eigenvalue weighted by atomic mass is 10.2. The lowest BCUT2D eigenvalue weighted by molar-refractivity contribution is 0.194. The third kappa shape index (κ3) is 1.78. The van der Waals surface area contributed by atoms with Gasteiger partial charge in [-0.05, 0) is 35.0 Å². The smallest absolute Gasteiger partial charge is 0.106 e. The molecule has 1 aromatic heterocycles. The Hall–Kier alpha value is -0.410. The molecule has 0 fully saturated rings. The Kier molecular flexibility index (Phi) is 2.40.